The van der Waals surface area contributed by atoms with Crippen molar-refractivity contribution in [2.75, 3.05) is 0 Å². The number of ether oxygens (including phenoxy) is 1. The van der Waals surface area contributed by atoms with Crippen molar-refractivity contribution in [1.29, 1.82) is 0 Å². The van der Waals surface area contributed by atoms with Crippen LogP contribution in [-0.4, -0.2) is 12.6 Å². The van der Waals surface area contributed by atoms with Gasteiger partial charge >= 0.3 is 6.36 Å². The fourth-order valence-electron chi connectivity index (χ4n) is 2.19. The Morgan fingerprint density at radius 3 is 2.14 bits per heavy atom. The third-order valence-corrected chi connectivity index (χ3v) is 2.90. The largest absolute Gasteiger partial charge is 0.573 e. The highest BCUT2D eigenvalue weighted by atomic mass is 19.4. The van der Waals surface area contributed by atoms with Crippen LogP contribution >= 0.6 is 0 Å². The molecule has 0 aliphatic rings. The van der Waals surface area contributed by atoms with Gasteiger partial charge in [0, 0.05) is 11.1 Å². The molecule has 0 aliphatic heterocycles. The molecular weight excluding hydrogens is 281 g/mol. The summed E-state index contributed by atoms with van der Waals surface area (Å²) in [6.45, 7) is 3.70. The van der Waals surface area contributed by atoms with E-state index in [-0.39, 0.29) is 11.3 Å². The number of alkyl halides is 3. The molecule has 0 aliphatic carbocycles. The summed E-state index contributed by atoms with van der Waals surface area (Å²) in [7, 11) is 0. The third-order valence-electron chi connectivity index (χ3n) is 2.90. The Morgan fingerprint density at radius 1 is 1.00 bits per heavy atom. The number of carbonyl (C=O) groups is 1. The van der Waals surface area contributed by atoms with Crippen molar-refractivity contribution in [2.45, 2.75) is 20.2 Å². The molecule has 0 spiro atoms. The van der Waals surface area contributed by atoms with E-state index in [0.717, 1.165) is 17.2 Å². The lowest BCUT2D eigenvalue weighted by atomic mass is 9.98. The molecule has 110 valence electrons. The monoisotopic (exact) mass is 294 g/mol. The summed E-state index contributed by atoms with van der Waals surface area (Å²) < 4.78 is 41.5. The summed E-state index contributed by atoms with van der Waals surface area (Å²) in [5.74, 6) is -0.321. The predicted octanol–water partition coefficient (Wildman–Crippen LogP) is 4.68. The van der Waals surface area contributed by atoms with Crippen molar-refractivity contribution in [3.05, 3.63) is 53.1 Å². The van der Waals surface area contributed by atoms with Gasteiger partial charge in [-0.05, 0) is 37.6 Å². The smallest absolute Gasteiger partial charge is 0.405 e. The number of benzene rings is 2. The molecule has 2 nitrogen and oxygen atoms in total. The highest BCUT2D eigenvalue weighted by molar-refractivity contribution is 5.82. The van der Waals surface area contributed by atoms with E-state index in [1.165, 1.54) is 12.1 Å². The zero-order valence-electron chi connectivity index (χ0n) is 11.5. The third kappa shape index (κ3) is 3.84. The topological polar surface area (TPSA) is 26.3 Å². The molecule has 0 radical (unpaired) electrons. The first-order chi connectivity index (χ1) is 9.78. The highest BCUT2D eigenvalue weighted by Gasteiger charge is 2.32. The SMILES string of the molecule is Cc1cc(C)cc(-c2cc(C=O)ccc2OC(F)(F)F)c1. The average Bonchev–Trinajstić information content (AvgIpc) is 2.36. The molecule has 0 aromatic heterocycles. The van der Waals surface area contributed by atoms with E-state index >= 15 is 0 Å². The number of rotatable bonds is 3. The molecule has 0 saturated carbocycles. The molecule has 2 aromatic rings. The first-order valence-corrected chi connectivity index (χ1v) is 6.22. The summed E-state index contributed by atoms with van der Waals surface area (Å²) in [5, 5.41) is 0. The van der Waals surface area contributed by atoms with E-state index < -0.39 is 6.36 Å². The van der Waals surface area contributed by atoms with E-state index in [9.17, 15) is 18.0 Å². The minimum Gasteiger partial charge on any atom is -0.405 e. The van der Waals surface area contributed by atoms with Crippen LogP contribution in [-0.2, 0) is 0 Å². The quantitative estimate of drug-likeness (QED) is 0.768. The van der Waals surface area contributed by atoms with E-state index in [4.69, 9.17) is 0 Å². The van der Waals surface area contributed by atoms with E-state index in [1.807, 2.05) is 19.9 Å². The van der Waals surface area contributed by atoms with Crippen LogP contribution in [0, 0.1) is 13.8 Å². The van der Waals surface area contributed by atoms with Crippen molar-refractivity contribution in [3.8, 4) is 16.9 Å². The first kappa shape index (κ1) is 15.1. The second-order valence-corrected chi connectivity index (χ2v) is 4.80. The Labute approximate surface area is 120 Å². The maximum atomic E-state index is 12.5. The molecule has 0 atom stereocenters. The van der Waals surface area contributed by atoms with Crippen molar-refractivity contribution in [3.63, 3.8) is 0 Å². The number of aryl methyl sites for hydroxylation is 2. The van der Waals surface area contributed by atoms with Crippen LogP contribution in [0.2, 0.25) is 0 Å². The van der Waals surface area contributed by atoms with Gasteiger partial charge in [-0.25, -0.2) is 0 Å². The molecule has 0 bridgehead atoms. The van der Waals surface area contributed by atoms with Gasteiger partial charge in [0.15, 0.2) is 0 Å². The first-order valence-electron chi connectivity index (χ1n) is 6.22. The summed E-state index contributed by atoms with van der Waals surface area (Å²) >= 11 is 0. The Bertz CT molecular complexity index is 655. The summed E-state index contributed by atoms with van der Waals surface area (Å²) in [6, 6.07) is 9.25. The van der Waals surface area contributed by atoms with Crippen molar-refractivity contribution in [2.24, 2.45) is 0 Å². The number of carbonyl (C=O) groups excluding carboxylic acids is 1. The Kier molecular flexibility index (Phi) is 4.02. The Morgan fingerprint density at radius 2 is 1.62 bits per heavy atom. The lowest BCUT2D eigenvalue weighted by Crippen LogP contribution is -2.17. The number of aldehydes is 1. The highest BCUT2D eigenvalue weighted by Crippen LogP contribution is 2.35. The predicted molar refractivity (Wildman–Crippen MR) is 73.4 cm³/mol. The number of halogens is 3. The summed E-state index contributed by atoms with van der Waals surface area (Å²) in [5.41, 5.74) is 2.94. The van der Waals surface area contributed by atoms with Crippen LogP contribution in [0.5, 0.6) is 5.75 Å². The maximum Gasteiger partial charge on any atom is 0.573 e. The molecular formula is C16H13F3O2. The zero-order chi connectivity index (χ0) is 15.6. The van der Waals surface area contributed by atoms with Crippen LogP contribution in [0.15, 0.2) is 36.4 Å². The van der Waals surface area contributed by atoms with E-state index in [0.29, 0.717) is 17.4 Å². The van der Waals surface area contributed by atoms with Gasteiger partial charge in [0.25, 0.3) is 0 Å². The van der Waals surface area contributed by atoms with Crippen molar-refractivity contribution < 1.29 is 22.7 Å². The molecule has 0 unspecified atom stereocenters. The van der Waals surface area contributed by atoms with Gasteiger partial charge in [-0.1, -0.05) is 29.3 Å². The molecule has 0 N–H and O–H groups in total. The van der Waals surface area contributed by atoms with Crippen LogP contribution in [0.1, 0.15) is 21.5 Å². The molecule has 21 heavy (non-hydrogen) atoms. The molecule has 2 rings (SSSR count). The van der Waals surface area contributed by atoms with Crippen LogP contribution < -0.4 is 4.74 Å². The minimum atomic E-state index is -4.78. The van der Waals surface area contributed by atoms with E-state index in [1.54, 1.807) is 12.1 Å². The summed E-state index contributed by atoms with van der Waals surface area (Å²) in [6.07, 6.45) is -4.19. The standard InChI is InChI=1S/C16H13F3O2/c1-10-5-11(2)7-13(6-10)14-8-12(9-20)3-4-15(14)21-16(17,18)19/h3-9H,1-2H3. The Balaban J connectivity index is 2.60. The zero-order valence-corrected chi connectivity index (χ0v) is 11.5. The molecule has 0 heterocycles. The fraction of sp³-hybridized carbons (Fsp3) is 0.188. The second kappa shape index (κ2) is 5.60. The molecule has 0 amide bonds. The van der Waals surface area contributed by atoms with Crippen LogP contribution in [0.4, 0.5) is 13.2 Å². The lowest BCUT2D eigenvalue weighted by Gasteiger charge is -2.14. The minimum absolute atomic E-state index is 0.240. The van der Waals surface area contributed by atoms with Gasteiger partial charge < -0.3 is 4.74 Å². The molecule has 5 heteroatoms. The molecule has 2 aromatic carbocycles. The fourth-order valence-corrected chi connectivity index (χ4v) is 2.19. The lowest BCUT2D eigenvalue weighted by molar-refractivity contribution is -0.274. The normalized spacial score (nSPS) is 11.3. The van der Waals surface area contributed by atoms with Gasteiger partial charge in [0.1, 0.15) is 12.0 Å². The molecule has 0 saturated heterocycles. The van der Waals surface area contributed by atoms with E-state index in [2.05, 4.69) is 4.74 Å². The Hall–Kier alpha value is -2.30. The van der Waals surface area contributed by atoms with Crippen molar-refractivity contribution in [1.82, 2.24) is 0 Å². The van der Waals surface area contributed by atoms with Gasteiger partial charge in [-0.15, -0.1) is 13.2 Å². The van der Waals surface area contributed by atoms with Crippen LogP contribution in [0.3, 0.4) is 0 Å². The van der Waals surface area contributed by atoms with Crippen molar-refractivity contribution >= 4 is 6.29 Å². The maximum absolute atomic E-state index is 12.5. The second-order valence-electron chi connectivity index (χ2n) is 4.80. The summed E-state index contributed by atoms with van der Waals surface area (Å²) in [4.78, 5) is 10.9. The molecule has 0 fully saturated rings. The number of hydrogen-bond acceptors (Lipinski definition) is 2. The van der Waals surface area contributed by atoms with Gasteiger partial charge in [0.2, 0.25) is 0 Å². The van der Waals surface area contributed by atoms with Gasteiger partial charge in [0.05, 0.1) is 0 Å². The van der Waals surface area contributed by atoms with Gasteiger partial charge in [-0.3, -0.25) is 4.79 Å². The van der Waals surface area contributed by atoms with Crippen LogP contribution in [0.25, 0.3) is 11.1 Å². The average molecular weight is 294 g/mol. The van der Waals surface area contributed by atoms with Gasteiger partial charge in [-0.2, -0.15) is 0 Å². The number of hydrogen-bond donors (Lipinski definition) is 0.